The van der Waals surface area contributed by atoms with Gasteiger partial charge in [0.05, 0.1) is 5.02 Å². The lowest BCUT2D eigenvalue weighted by molar-refractivity contribution is 0.0995. The number of aromatic amines is 1. The number of nitrogens with one attached hydrogen (secondary N) is 2. The molecule has 0 saturated heterocycles. The Labute approximate surface area is 106 Å². The maximum absolute atomic E-state index is 11.7. The van der Waals surface area contributed by atoms with Crippen molar-refractivity contribution >= 4 is 29.0 Å². The highest BCUT2D eigenvalue weighted by Gasteiger charge is 2.11. The normalized spacial score (nSPS) is 10.1. The molecule has 0 aliphatic carbocycles. The summed E-state index contributed by atoms with van der Waals surface area (Å²) in [6, 6.07) is 2.89. The molecule has 0 bridgehead atoms. The van der Waals surface area contributed by atoms with Crippen LogP contribution < -0.4 is 16.6 Å². The number of primary amides is 1. The zero-order valence-corrected chi connectivity index (χ0v) is 9.73. The van der Waals surface area contributed by atoms with Crippen LogP contribution in [0.15, 0.2) is 29.5 Å². The van der Waals surface area contributed by atoms with E-state index in [1.807, 2.05) is 0 Å². The Bertz CT molecular complexity index is 640. The predicted octanol–water partition coefficient (Wildman–Crippen LogP) is 0.661. The number of hydrogen-bond donors (Lipinski definition) is 3. The van der Waals surface area contributed by atoms with E-state index >= 15 is 0 Å². The van der Waals surface area contributed by atoms with Crippen molar-refractivity contribution in [1.82, 2.24) is 15.0 Å². The van der Waals surface area contributed by atoms with Crippen LogP contribution in [0.3, 0.4) is 0 Å². The van der Waals surface area contributed by atoms with Crippen molar-refractivity contribution in [2.45, 2.75) is 0 Å². The summed E-state index contributed by atoms with van der Waals surface area (Å²) in [5, 5.41) is 2.80. The van der Waals surface area contributed by atoms with Gasteiger partial charge in [-0.15, -0.1) is 0 Å². The number of carbonyl (C=O) groups is 1. The smallest absolute Gasteiger partial charge is 0.272 e. The monoisotopic (exact) mass is 265 g/mol. The molecule has 2 heterocycles. The second-order valence-electron chi connectivity index (χ2n) is 3.32. The zero-order valence-electron chi connectivity index (χ0n) is 8.98. The van der Waals surface area contributed by atoms with E-state index in [0.29, 0.717) is 5.82 Å². The van der Waals surface area contributed by atoms with Crippen molar-refractivity contribution in [3.63, 3.8) is 0 Å². The molecule has 1 amide bonds. The number of rotatable bonds is 3. The summed E-state index contributed by atoms with van der Waals surface area (Å²) in [5.74, 6) is -0.371. The van der Waals surface area contributed by atoms with Gasteiger partial charge in [-0.2, -0.15) is 0 Å². The van der Waals surface area contributed by atoms with Gasteiger partial charge in [-0.3, -0.25) is 9.59 Å². The van der Waals surface area contributed by atoms with Crippen LogP contribution in [0, 0.1) is 0 Å². The van der Waals surface area contributed by atoms with E-state index < -0.39 is 11.5 Å². The first-order chi connectivity index (χ1) is 8.58. The minimum atomic E-state index is -0.800. The first kappa shape index (κ1) is 12.1. The van der Waals surface area contributed by atoms with Crippen LogP contribution in [0.2, 0.25) is 5.02 Å². The molecular formula is C10H8ClN5O2. The number of pyridine rings is 1. The molecule has 8 heteroatoms. The van der Waals surface area contributed by atoms with E-state index in [-0.39, 0.29) is 16.4 Å². The molecule has 18 heavy (non-hydrogen) atoms. The van der Waals surface area contributed by atoms with E-state index in [0.717, 1.165) is 0 Å². The van der Waals surface area contributed by atoms with Gasteiger partial charge in [0.2, 0.25) is 0 Å². The minimum Gasteiger partial charge on any atom is -0.364 e. The first-order valence-electron chi connectivity index (χ1n) is 4.83. The quantitative estimate of drug-likeness (QED) is 0.754. The summed E-state index contributed by atoms with van der Waals surface area (Å²) in [6.07, 6.45) is 2.85. The van der Waals surface area contributed by atoms with Crippen molar-refractivity contribution in [2.75, 3.05) is 5.32 Å². The third-order valence-electron chi connectivity index (χ3n) is 2.08. The van der Waals surface area contributed by atoms with Gasteiger partial charge in [0.1, 0.15) is 23.5 Å². The van der Waals surface area contributed by atoms with Crippen molar-refractivity contribution in [3.8, 4) is 0 Å². The molecule has 92 valence electrons. The van der Waals surface area contributed by atoms with E-state index in [9.17, 15) is 9.59 Å². The molecule has 0 aromatic carbocycles. The lowest BCUT2D eigenvalue weighted by atomic mass is 10.3. The number of halogens is 1. The molecule has 0 aliphatic rings. The number of H-pyrrole nitrogens is 1. The number of amides is 1. The van der Waals surface area contributed by atoms with Gasteiger partial charge >= 0.3 is 0 Å². The van der Waals surface area contributed by atoms with Gasteiger partial charge < -0.3 is 16.0 Å². The summed E-state index contributed by atoms with van der Waals surface area (Å²) in [6.45, 7) is 0. The van der Waals surface area contributed by atoms with Gasteiger partial charge in [-0.25, -0.2) is 9.97 Å². The number of nitrogens with two attached hydrogens (primary N) is 1. The molecule has 2 aromatic rings. The highest BCUT2D eigenvalue weighted by molar-refractivity contribution is 6.33. The van der Waals surface area contributed by atoms with E-state index in [1.165, 1.54) is 18.6 Å². The second-order valence-corrected chi connectivity index (χ2v) is 3.73. The number of anilines is 2. The molecule has 0 atom stereocenters. The zero-order chi connectivity index (χ0) is 13.1. The van der Waals surface area contributed by atoms with Gasteiger partial charge in [0, 0.05) is 6.20 Å². The predicted molar refractivity (Wildman–Crippen MR) is 65.9 cm³/mol. The Kier molecular flexibility index (Phi) is 3.24. The average Bonchev–Trinajstić information content (AvgIpc) is 2.34. The molecule has 4 N–H and O–H groups in total. The first-order valence-corrected chi connectivity index (χ1v) is 5.21. The van der Waals surface area contributed by atoms with E-state index in [4.69, 9.17) is 17.3 Å². The van der Waals surface area contributed by atoms with Gasteiger partial charge in [-0.05, 0) is 12.1 Å². The Balaban J connectivity index is 2.39. The standard InChI is InChI=1S/C10H8ClN5O2/c11-5-3-6(10(18)16-8(5)9(12)17)15-7-1-2-13-4-14-7/h1-4H,(H2,12,17)(H,16,18)(H,13,14,15). The molecule has 0 fully saturated rings. The van der Waals surface area contributed by atoms with E-state index in [2.05, 4.69) is 20.3 Å². The molecule has 0 unspecified atom stereocenters. The fourth-order valence-corrected chi connectivity index (χ4v) is 1.53. The van der Waals surface area contributed by atoms with Gasteiger partial charge in [0.15, 0.2) is 0 Å². The lowest BCUT2D eigenvalue weighted by Crippen LogP contribution is -2.21. The second kappa shape index (κ2) is 4.84. The SMILES string of the molecule is NC(=O)c1[nH]c(=O)c(Nc2ccncn2)cc1Cl. The van der Waals surface area contributed by atoms with Crippen LogP contribution in [0.1, 0.15) is 10.5 Å². The molecule has 2 aromatic heterocycles. The maximum Gasteiger partial charge on any atom is 0.272 e. The molecule has 0 aliphatic heterocycles. The van der Waals surface area contributed by atoms with Crippen LogP contribution in [-0.2, 0) is 0 Å². The van der Waals surface area contributed by atoms with Crippen molar-refractivity contribution in [3.05, 3.63) is 45.7 Å². The average molecular weight is 266 g/mol. The van der Waals surface area contributed by atoms with Crippen LogP contribution >= 0.6 is 11.6 Å². The summed E-state index contributed by atoms with van der Waals surface area (Å²) in [4.78, 5) is 32.6. The summed E-state index contributed by atoms with van der Waals surface area (Å²) >= 11 is 5.82. The molecule has 7 nitrogen and oxygen atoms in total. The number of aromatic nitrogens is 3. The maximum atomic E-state index is 11.7. The van der Waals surface area contributed by atoms with Crippen LogP contribution in [0.5, 0.6) is 0 Å². The third kappa shape index (κ3) is 2.46. The van der Waals surface area contributed by atoms with Gasteiger partial charge in [-0.1, -0.05) is 11.6 Å². The fraction of sp³-hybridized carbons (Fsp3) is 0. The molecule has 0 radical (unpaired) electrons. The Morgan fingerprint density at radius 2 is 2.28 bits per heavy atom. The van der Waals surface area contributed by atoms with Crippen molar-refractivity contribution < 1.29 is 4.79 Å². The highest BCUT2D eigenvalue weighted by atomic mass is 35.5. The van der Waals surface area contributed by atoms with Crippen molar-refractivity contribution in [1.29, 1.82) is 0 Å². The third-order valence-corrected chi connectivity index (χ3v) is 2.38. The lowest BCUT2D eigenvalue weighted by Gasteiger charge is -2.06. The number of nitrogens with zero attached hydrogens (tertiary/aromatic N) is 2. The topological polar surface area (TPSA) is 114 Å². The minimum absolute atomic E-state index is 0.0543. The summed E-state index contributed by atoms with van der Waals surface area (Å²) < 4.78 is 0. The molecule has 0 spiro atoms. The van der Waals surface area contributed by atoms with Gasteiger partial charge in [0.25, 0.3) is 11.5 Å². The van der Waals surface area contributed by atoms with Crippen LogP contribution in [0.4, 0.5) is 11.5 Å². The Morgan fingerprint density at radius 3 is 2.89 bits per heavy atom. The highest BCUT2D eigenvalue weighted by Crippen LogP contribution is 2.17. The van der Waals surface area contributed by atoms with Crippen LogP contribution in [-0.4, -0.2) is 20.9 Å². The Hall–Kier alpha value is -2.41. The van der Waals surface area contributed by atoms with Crippen molar-refractivity contribution in [2.24, 2.45) is 5.73 Å². The number of hydrogen-bond acceptors (Lipinski definition) is 5. The Morgan fingerprint density at radius 1 is 1.50 bits per heavy atom. The van der Waals surface area contributed by atoms with E-state index in [1.54, 1.807) is 6.07 Å². The summed E-state index contributed by atoms with van der Waals surface area (Å²) in [5.41, 5.74) is 4.56. The fourth-order valence-electron chi connectivity index (χ4n) is 1.28. The molecule has 2 rings (SSSR count). The number of carbonyl (C=O) groups excluding carboxylic acids is 1. The molecule has 0 saturated carbocycles. The molecular weight excluding hydrogens is 258 g/mol. The summed E-state index contributed by atoms with van der Waals surface area (Å²) in [7, 11) is 0. The van der Waals surface area contributed by atoms with Crippen LogP contribution in [0.25, 0.3) is 0 Å². The largest absolute Gasteiger partial charge is 0.364 e.